The van der Waals surface area contributed by atoms with Gasteiger partial charge in [0.1, 0.15) is 0 Å². The molecule has 100 valence electrons. The molecular weight excluding hydrogens is 220 g/mol. The van der Waals surface area contributed by atoms with Crippen molar-refractivity contribution in [2.75, 3.05) is 19.6 Å². The average molecular weight is 244 g/mol. The van der Waals surface area contributed by atoms with Gasteiger partial charge in [-0.1, -0.05) is 20.8 Å². The van der Waals surface area contributed by atoms with Crippen LogP contribution in [0.1, 0.15) is 34.1 Å². The predicted molar refractivity (Wildman–Crippen MR) is 66.8 cm³/mol. The monoisotopic (exact) mass is 244 g/mol. The molecule has 0 fully saturated rings. The summed E-state index contributed by atoms with van der Waals surface area (Å²) in [5.41, 5.74) is 0. The largest absolute Gasteiger partial charge is 0.480 e. The average Bonchev–Trinajstić information content (AvgIpc) is 2.23. The number of hydrogen-bond donors (Lipinski definition) is 2. The second-order valence-electron chi connectivity index (χ2n) is 4.75. The lowest BCUT2D eigenvalue weighted by Crippen LogP contribution is -2.44. The molecule has 0 bridgehead atoms. The fourth-order valence-electron chi connectivity index (χ4n) is 1.36. The Kier molecular flexibility index (Phi) is 7.54. The number of nitrogens with one attached hydrogen (secondary N) is 1. The summed E-state index contributed by atoms with van der Waals surface area (Å²) < 4.78 is 0. The first-order valence-corrected chi connectivity index (χ1v) is 6.09. The zero-order chi connectivity index (χ0) is 13.4. The molecule has 1 amide bonds. The minimum atomic E-state index is -0.901. The SMILES string of the molecule is CCC(C)N(CC(=O)O)CC(=O)NCC(C)C. The van der Waals surface area contributed by atoms with Gasteiger partial charge in [0.05, 0.1) is 13.1 Å². The fraction of sp³-hybridized carbons (Fsp3) is 0.833. The molecule has 5 nitrogen and oxygen atoms in total. The molecule has 1 unspecified atom stereocenters. The summed E-state index contributed by atoms with van der Waals surface area (Å²) in [6.45, 7) is 8.62. The van der Waals surface area contributed by atoms with E-state index in [1.54, 1.807) is 4.90 Å². The van der Waals surface area contributed by atoms with Gasteiger partial charge in [0.2, 0.25) is 5.91 Å². The van der Waals surface area contributed by atoms with E-state index in [2.05, 4.69) is 5.32 Å². The number of carboxylic acids is 1. The standard InChI is InChI=1S/C12H24N2O3/c1-5-10(4)14(8-12(16)17)7-11(15)13-6-9(2)3/h9-10H,5-8H2,1-4H3,(H,13,15)(H,16,17). The number of amides is 1. The van der Waals surface area contributed by atoms with Crippen molar-refractivity contribution in [2.45, 2.75) is 40.2 Å². The van der Waals surface area contributed by atoms with Crippen molar-refractivity contribution in [2.24, 2.45) is 5.92 Å². The first kappa shape index (κ1) is 15.9. The van der Waals surface area contributed by atoms with Crippen LogP contribution in [-0.2, 0) is 9.59 Å². The van der Waals surface area contributed by atoms with Gasteiger partial charge in [-0.2, -0.15) is 0 Å². The molecule has 5 heteroatoms. The van der Waals surface area contributed by atoms with E-state index in [4.69, 9.17) is 5.11 Å². The highest BCUT2D eigenvalue weighted by Crippen LogP contribution is 2.02. The zero-order valence-electron chi connectivity index (χ0n) is 11.2. The van der Waals surface area contributed by atoms with Crippen LogP contribution in [0.25, 0.3) is 0 Å². The first-order chi connectivity index (χ1) is 7.86. The molecule has 0 heterocycles. The third-order valence-electron chi connectivity index (χ3n) is 2.61. The lowest BCUT2D eigenvalue weighted by atomic mass is 10.2. The molecule has 17 heavy (non-hydrogen) atoms. The quantitative estimate of drug-likeness (QED) is 0.667. The van der Waals surface area contributed by atoms with Crippen LogP contribution >= 0.6 is 0 Å². The van der Waals surface area contributed by atoms with Crippen LogP contribution in [0, 0.1) is 5.92 Å². The Morgan fingerprint density at radius 2 is 1.82 bits per heavy atom. The maximum absolute atomic E-state index is 11.6. The van der Waals surface area contributed by atoms with Crippen LogP contribution in [0.4, 0.5) is 0 Å². The Balaban J connectivity index is 4.22. The van der Waals surface area contributed by atoms with E-state index in [1.807, 2.05) is 27.7 Å². The van der Waals surface area contributed by atoms with Crippen molar-refractivity contribution in [3.63, 3.8) is 0 Å². The second-order valence-corrected chi connectivity index (χ2v) is 4.75. The smallest absolute Gasteiger partial charge is 0.317 e. The topological polar surface area (TPSA) is 69.6 Å². The molecule has 0 aromatic heterocycles. The number of carboxylic acid groups (broad SMARTS) is 1. The minimum absolute atomic E-state index is 0.0931. The maximum atomic E-state index is 11.6. The van der Waals surface area contributed by atoms with Gasteiger partial charge in [-0.3, -0.25) is 14.5 Å². The summed E-state index contributed by atoms with van der Waals surface area (Å²) >= 11 is 0. The van der Waals surface area contributed by atoms with E-state index in [0.717, 1.165) is 6.42 Å². The molecule has 0 aliphatic heterocycles. The molecule has 0 rings (SSSR count). The number of rotatable bonds is 8. The van der Waals surface area contributed by atoms with Crippen molar-refractivity contribution in [3.05, 3.63) is 0 Å². The lowest BCUT2D eigenvalue weighted by Gasteiger charge is -2.26. The summed E-state index contributed by atoms with van der Waals surface area (Å²) in [6, 6.07) is 0.0934. The van der Waals surface area contributed by atoms with E-state index in [1.165, 1.54) is 0 Å². The van der Waals surface area contributed by atoms with Gasteiger partial charge in [0.25, 0.3) is 0 Å². The van der Waals surface area contributed by atoms with Gasteiger partial charge in [0.15, 0.2) is 0 Å². The Bertz CT molecular complexity index is 254. The molecule has 0 saturated carbocycles. The second kappa shape index (κ2) is 8.06. The van der Waals surface area contributed by atoms with Gasteiger partial charge in [0, 0.05) is 12.6 Å². The molecule has 1 atom stereocenters. The van der Waals surface area contributed by atoms with Crippen molar-refractivity contribution in [1.82, 2.24) is 10.2 Å². The minimum Gasteiger partial charge on any atom is -0.480 e. The van der Waals surface area contributed by atoms with Gasteiger partial charge < -0.3 is 10.4 Å². The zero-order valence-corrected chi connectivity index (χ0v) is 11.2. The number of carbonyl (C=O) groups excluding carboxylic acids is 1. The Morgan fingerprint density at radius 1 is 1.24 bits per heavy atom. The van der Waals surface area contributed by atoms with Crippen LogP contribution in [0.15, 0.2) is 0 Å². The third-order valence-corrected chi connectivity index (χ3v) is 2.61. The van der Waals surface area contributed by atoms with Crippen LogP contribution in [0.2, 0.25) is 0 Å². The predicted octanol–water partition coefficient (Wildman–Crippen LogP) is 0.944. The third kappa shape index (κ3) is 7.74. The van der Waals surface area contributed by atoms with E-state index >= 15 is 0 Å². The van der Waals surface area contributed by atoms with Crippen molar-refractivity contribution in [3.8, 4) is 0 Å². The molecule has 0 aliphatic carbocycles. The summed E-state index contributed by atoms with van der Waals surface area (Å²) in [6.07, 6.45) is 0.824. The van der Waals surface area contributed by atoms with Crippen molar-refractivity contribution >= 4 is 11.9 Å². The highest BCUT2D eigenvalue weighted by atomic mass is 16.4. The maximum Gasteiger partial charge on any atom is 0.317 e. The number of hydrogen-bond acceptors (Lipinski definition) is 3. The summed E-state index contributed by atoms with van der Waals surface area (Å²) in [5, 5.41) is 11.6. The molecule has 0 spiro atoms. The first-order valence-electron chi connectivity index (χ1n) is 6.09. The Labute approximate surface area is 103 Å². The highest BCUT2D eigenvalue weighted by molar-refractivity contribution is 5.79. The van der Waals surface area contributed by atoms with E-state index < -0.39 is 5.97 Å². The molecule has 0 aromatic rings. The van der Waals surface area contributed by atoms with Gasteiger partial charge in [-0.15, -0.1) is 0 Å². The Hall–Kier alpha value is -1.10. The normalized spacial score (nSPS) is 12.8. The number of carbonyl (C=O) groups is 2. The lowest BCUT2D eigenvalue weighted by molar-refractivity contribution is -0.139. The molecule has 0 saturated heterocycles. The van der Waals surface area contributed by atoms with E-state index in [-0.39, 0.29) is 25.0 Å². The van der Waals surface area contributed by atoms with Gasteiger partial charge >= 0.3 is 5.97 Å². The Morgan fingerprint density at radius 3 is 2.24 bits per heavy atom. The van der Waals surface area contributed by atoms with Gasteiger partial charge in [-0.05, 0) is 19.3 Å². The van der Waals surface area contributed by atoms with Crippen LogP contribution < -0.4 is 5.32 Å². The number of aliphatic carboxylic acids is 1. The van der Waals surface area contributed by atoms with Crippen LogP contribution in [0.5, 0.6) is 0 Å². The van der Waals surface area contributed by atoms with Crippen LogP contribution in [0.3, 0.4) is 0 Å². The molecule has 2 N–H and O–H groups in total. The molecule has 0 aliphatic rings. The summed E-state index contributed by atoms with van der Waals surface area (Å²) in [5.74, 6) is -0.613. The van der Waals surface area contributed by atoms with Crippen molar-refractivity contribution < 1.29 is 14.7 Å². The molecule has 0 aromatic carbocycles. The highest BCUT2D eigenvalue weighted by Gasteiger charge is 2.18. The van der Waals surface area contributed by atoms with E-state index in [9.17, 15) is 9.59 Å². The fourth-order valence-corrected chi connectivity index (χ4v) is 1.36. The summed E-state index contributed by atoms with van der Waals surface area (Å²) in [7, 11) is 0. The molecule has 0 radical (unpaired) electrons. The molecular formula is C12H24N2O3. The number of nitrogens with zero attached hydrogens (tertiary/aromatic N) is 1. The van der Waals surface area contributed by atoms with Gasteiger partial charge in [-0.25, -0.2) is 0 Å². The summed E-state index contributed by atoms with van der Waals surface area (Å²) in [4.78, 5) is 24.0. The van der Waals surface area contributed by atoms with Crippen molar-refractivity contribution in [1.29, 1.82) is 0 Å². The van der Waals surface area contributed by atoms with E-state index in [0.29, 0.717) is 12.5 Å². The van der Waals surface area contributed by atoms with Crippen LogP contribution in [-0.4, -0.2) is 47.6 Å².